The average Bonchev–Trinajstić information content (AvgIpc) is 2.41. The second kappa shape index (κ2) is 5.87. The summed E-state index contributed by atoms with van der Waals surface area (Å²) in [6.45, 7) is 3.14. The maximum absolute atomic E-state index is 6.02. The Hall–Kier alpha value is -0.830. The first kappa shape index (κ1) is 13.6. The molecule has 1 aromatic carbocycles. The first-order valence-corrected chi connectivity index (χ1v) is 8.03. The number of rotatable bonds is 4. The van der Waals surface area contributed by atoms with Gasteiger partial charge in [-0.1, -0.05) is 25.3 Å². The normalized spacial score (nSPS) is 18.6. The summed E-state index contributed by atoms with van der Waals surface area (Å²) in [7, 11) is 0. The zero-order valence-corrected chi connectivity index (χ0v) is 12.3. The maximum atomic E-state index is 6.02. The quantitative estimate of drug-likeness (QED) is 0.806. The van der Waals surface area contributed by atoms with E-state index in [0.29, 0.717) is 4.75 Å². The Bertz CT molecular complexity index is 397. The van der Waals surface area contributed by atoms with E-state index in [4.69, 9.17) is 5.73 Å². The van der Waals surface area contributed by atoms with E-state index < -0.39 is 0 Å². The highest BCUT2D eigenvalue weighted by atomic mass is 32.2. The lowest BCUT2D eigenvalue weighted by molar-refractivity contribution is 0.411. The summed E-state index contributed by atoms with van der Waals surface area (Å²) in [5, 5.41) is 3.57. The molecule has 2 nitrogen and oxygen atoms in total. The zero-order valence-electron chi connectivity index (χ0n) is 11.5. The predicted molar refractivity (Wildman–Crippen MR) is 83.4 cm³/mol. The van der Waals surface area contributed by atoms with Gasteiger partial charge in [0.05, 0.1) is 11.4 Å². The van der Waals surface area contributed by atoms with Crippen LogP contribution >= 0.6 is 11.8 Å². The topological polar surface area (TPSA) is 38.0 Å². The summed E-state index contributed by atoms with van der Waals surface area (Å²) >= 11 is 2.02. The summed E-state index contributed by atoms with van der Waals surface area (Å²) in [6, 6.07) is 6.20. The molecule has 0 radical (unpaired) electrons. The Balaban J connectivity index is 2.03. The van der Waals surface area contributed by atoms with E-state index in [-0.39, 0.29) is 0 Å². The molecule has 1 aliphatic rings. The van der Waals surface area contributed by atoms with Crippen molar-refractivity contribution in [3.63, 3.8) is 0 Å². The van der Waals surface area contributed by atoms with Crippen LogP contribution in [0.4, 0.5) is 11.4 Å². The van der Waals surface area contributed by atoms with Crippen molar-refractivity contribution in [2.45, 2.75) is 43.8 Å². The highest BCUT2D eigenvalue weighted by Gasteiger charge is 2.30. The van der Waals surface area contributed by atoms with Gasteiger partial charge in [-0.15, -0.1) is 0 Å². The highest BCUT2D eigenvalue weighted by molar-refractivity contribution is 8.00. The SMILES string of the molecule is CSC1(CNc2cc(C)ccc2N)CCCCC1. The molecule has 1 saturated carbocycles. The number of nitrogens with two attached hydrogens (primary N) is 1. The van der Waals surface area contributed by atoms with E-state index in [1.807, 2.05) is 17.8 Å². The van der Waals surface area contributed by atoms with Crippen molar-refractivity contribution in [1.29, 1.82) is 0 Å². The lowest BCUT2D eigenvalue weighted by atomic mass is 9.88. The molecule has 0 bridgehead atoms. The number of nitrogen functional groups attached to an aromatic ring is 1. The molecule has 1 aliphatic carbocycles. The summed E-state index contributed by atoms with van der Waals surface area (Å²) in [5.41, 5.74) is 9.22. The van der Waals surface area contributed by atoms with E-state index in [0.717, 1.165) is 17.9 Å². The van der Waals surface area contributed by atoms with Gasteiger partial charge in [-0.2, -0.15) is 11.8 Å². The fourth-order valence-electron chi connectivity index (χ4n) is 2.73. The largest absolute Gasteiger partial charge is 0.397 e. The van der Waals surface area contributed by atoms with E-state index in [9.17, 15) is 0 Å². The average molecular weight is 264 g/mol. The number of hydrogen-bond acceptors (Lipinski definition) is 3. The van der Waals surface area contributed by atoms with Gasteiger partial charge in [-0.25, -0.2) is 0 Å². The van der Waals surface area contributed by atoms with Crippen LogP contribution in [0.1, 0.15) is 37.7 Å². The van der Waals surface area contributed by atoms with Crippen molar-refractivity contribution in [3.8, 4) is 0 Å². The number of benzene rings is 1. The molecule has 0 saturated heterocycles. The predicted octanol–water partition coefficient (Wildman–Crippen LogP) is 4.06. The molecular weight excluding hydrogens is 240 g/mol. The van der Waals surface area contributed by atoms with Crippen molar-refractivity contribution in [1.82, 2.24) is 0 Å². The summed E-state index contributed by atoms with van der Waals surface area (Å²) in [5.74, 6) is 0. The fourth-order valence-corrected chi connectivity index (χ4v) is 3.64. The molecule has 3 N–H and O–H groups in total. The number of nitrogens with one attached hydrogen (secondary N) is 1. The van der Waals surface area contributed by atoms with Gasteiger partial charge < -0.3 is 11.1 Å². The molecule has 0 amide bonds. The van der Waals surface area contributed by atoms with Gasteiger partial charge in [0.15, 0.2) is 0 Å². The van der Waals surface area contributed by atoms with Crippen LogP contribution in [0.5, 0.6) is 0 Å². The molecule has 0 aliphatic heterocycles. The Kier molecular flexibility index (Phi) is 4.44. The van der Waals surface area contributed by atoms with Gasteiger partial charge >= 0.3 is 0 Å². The Morgan fingerprint density at radius 3 is 2.67 bits per heavy atom. The zero-order chi connectivity index (χ0) is 13.0. The molecule has 2 rings (SSSR count). The Labute approximate surface area is 115 Å². The monoisotopic (exact) mass is 264 g/mol. The van der Waals surface area contributed by atoms with Crippen LogP contribution in [-0.2, 0) is 0 Å². The lowest BCUT2D eigenvalue weighted by Gasteiger charge is -2.36. The molecule has 0 unspecified atom stereocenters. The fraction of sp³-hybridized carbons (Fsp3) is 0.600. The van der Waals surface area contributed by atoms with Gasteiger partial charge in [0.1, 0.15) is 0 Å². The van der Waals surface area contributed by atoms with Crippen LogP contribution in [0.2, 0.25) is 0 Å². The maximum Gasteiger partial charge on any atom is 0.0577 e. The Morgan fingerprint density at radius 1 is 1.28 bits per heavy atom. The van der Waals surface area contributed by atoms with Gasteiger partial charge in [0.2, 0.25) is 0 Å². The molecule has 18 heavy (non-hydrogen) atoms. The number of aryl methyl sites for hydroxylation is 1. The number of thioether (sulfide) groups is 1. The lowest BCUT2D eigenvalue weighted by Crippen LogP contribution is -2.35. The van der Waals surface area contributed by atoms with Crippen LogP contribution < -0.4 is 11.1 Å². The van der Waals surface area contributed by atoms with Gasteiger partial charge in [0, 0.05) is 11.3 Å². The van der Waals surface area contributed by atoms with Crippen molar-refractivity contribution in [2.75, 3.05) is 23.9 Å². The highest BCUT2D eigenvalue weighted by Crippen LogP contribution is 2.39. The third-order valence-corrected chi connectivity index (χ3v) is 5.43. The smallest absolute Gasteiger partial charge is 0.0577 e. The second-order valence-corrected chi connectivity index (χ2v) is 6.67. The van der Waals surface area contributed by atoms with E-state index in [1.54, 1.807) is 0 Å². The van der Waals surface area contributed by atoms with E-state index in [1.165, 1.54) is 37.7 Å². The molecule has 0 spiro atoms. The molecule has 0 atom stereocenters. The summed E-state index contributed by atoms with van der Waals surface area (Å²) in [6.07, 6.45) is 9.03. The first-order valence-electron chi connectivity index (χ1n) is 6.80. The minimum atomic E-state index is 0.411. The second-order valence-electron chi connectivity index (χ2n) is 5.39. The third-order valence-electron chi connectivity index (χ3n) is 4.01. The van der Waals surface area contributed by atoms with Crippen LogP contribution in [0.25, 0.3) is 0 Å². The van der Waals surface area contributed by atoms with Gasteiger partial charge in [-0.3, -0.25) is 0 Å². The first-order chi connectivity index (χ1) is 8.65. The molecule has 0 aromatic heterocycles. The molecule has 1 fully saturated rings. The van der Waals surface area contributed by atoms with Crippen LogP contribution in [0, 0.1) is 6.92 Å². The minimum Gasteiger partial charge on any atom is -0.397 e. The van der Waals surface area contributed by atoms with Gasteiger partial charge in [0.25, 0.3) is 0 Å². The molecular formula is C15H24N2S. The molecule has 100 valence electrons. The molecule has 1 aromatic rings. The summed E-state index contributed by atoms with van der Waals surface area (Å²) in [4.78, 5) is 0. The van der Waals surface area contributed by atoms with Gasteiger partial charge in [-0.05, 0) is 43.7 Å². The molecule has 0 heterocycles. The number of anilines is 2. The van der Waals surface area contributed by atoms with Crippen LogP contribution in [0.3, 0.4) is 0 Å². The van der Waals surface area contributed by atoms with Crippen LogP contribution in [-0.4, -0.2) is 17.5 Å². The molecule has 3 heteroatoms. The summed E-state index contributed by atoms with van der Waals surface area (Å²) < 4.78 is 0.411. The standard InChI is InChI=1S/C15H24N2S/c1-12-6-7-13(16)14(10-12)17-11-15(18-2)8-4-3-5-9-15/h6-7,10,17H,3-5,8-9,11,16H2,1-2H3. The third kappa shape index (κ3) is 3.14. The minimum absolute atomic E-state index is 0.411. The Morgan fingerprint density at radius 2 is 2.00 bits per heavy atom. The van der Waals surface area contributed by atoms with Crippen molar-refractivity contribution < 1.29 is 0 Å². The van der Waals surface area contributed by atoms with Crippen molar-refractivity contribution in [3.05, 3.63) is 23.8 Å². The van der Waals surface area contributed by atoms with E-state index >= 15 is 0 Å². The number of hydrogen-bond donors (Lipinski definition) is 2. The van der Waals surface area contributed by atoms with Crippen LogP contribution in [0.15, 0.2) is 18.2 Å². The van der Waals surface area contributed by atoms with E-state index in [2.05, 4.69) is 30.6 Å². The van der Waals surface area contributed by atoms with Crippen molar-refractivity contribution in [2.24, 2.45) is 0 Å². The van der Waals surface area contributed by atoms with Crippen molar-refractivity contribution >= 4 is 23.1 Å².